The zero-order valence-corrected chi connectivity index (χ0v) is 11.6. The first-order chi connectivity index (χ1) is 10.7. The van der Waals surface area contributed by atoms with Crippen molar-refractivity contribution in [1.29, 1.82) is 0 Å². The van der Waals surface area contributed by atoms with Crippen molar-refractivity contribution in [2.45, 2.75) is 5.92 Å². The van der Waals surface area contributed by atoms with Gasteiger partial charge in [-0.3, -0.25) is 9.78 Å². The Hall–Kier alpha value is -2.75. The maximum absolute atomic E-state index is 13.6. The first-order valence-corrected chi connectivity index (χ1v) is 7.05. The predicted octanol–water partition coefficient (Wildman–Crippen LogP) is 3.85. The molecular weight excluding hydrogens is 281 g/mol. The highest BCUT2D eigenvalue weighted by atomic mass is 19.1. The lowest BCUT2D eigenvalue weighted by Crippen LogP contribution is -2.23. The van der Waals surface area contributed by atoms with Crippen LogP contribution in [0.3, 0.4) is 0 Å². The fourth-order valence-electron chi connectivity index (χ4n) is 2.96. The number of hydrogen-bond donors (Lipinski definition) is 0. The second-order valence-corrected chi connectivity index (χ2v) is 5.34. The zero-order valence-electron chi connectivity index (χ0n) is 11.6. The van der Waals surface area contributed by atoms with Gasteiger partial charge in [-0.25, -0.2) is 4.39 Å². The predicted molar refractivity (Wildman–Crippen MR) is 81.8 cm³/mol. The van der Waals surface area contributed by atoms with Crippen molar-refractivity contribution < 1.29 is 8.81 Å². The molecule has 0 aromatic carbocycles. The molecule has 22 heavy (non-hydrogen) atoms. The molecule has 4 rings (SSSR count). The minimum Gasteiger partial charge on any atom is -0.464 e. The second kappa shape index (κ2) is 4.91. The summed E-state index contributed by atoms with van der Waals surface area (Å²) in [4.78, 5) is 17.1. The Morgan fingerprint density at radius 3 is 2.86 bits per heavy atom. The molecule has 0 radical (unpaired) electrons. The van der Waals surface area contributed by atoms with Gasteiger partial charge in [0.1, 0.15) is 17.9 Å². The maximum Gasteiger partial charge on any atom is 0.198 e. The van der Waals surface area contributed by atoms with Gasteiger partial charge in [-0.1, -0.05) is 18.2 Å². The minimum absolute atomic E-state index is 0.0196. The van der Waals surface area contributed by atoms with Gasteiger partial charge >= 0.3 is 0 Å². The SMILES string of the molecule is O=c1c(-c2ccccn2)coc2c1C1C=C(F)C=CC1C=C2. The van der Waals surface area contributed by atoms with Crippen molar-refractivity contribution in [3.8, 4) is 11.3 Å². The first kappa shape index (κ1) is 13.0. The molecule has 108 valence electrons. The Kier molecular flexibility index (Phi) is 2.89. The van der Waals surface area contributed by atoms with Gasteiger partial charge in [-0.05, 0) is 30.4 Å². The van der Waals surface area contributed by atoms with Crippen molar-refractivity contribution in [2.24, 2.45) is 5.92 Å². The minimum atomic E-state index is -0.329. The van der Waals surface area contributed by atoms with Crippen LogP contribution in [0.15, 0.2) is 70.0 Å². The van der Waals surface area contributed by atoms with E-state index in [1.165, 1.54) is 18.4 Å². The van der Waals surface area contributed by atoms with E-state index in [0.717, 1.165) is 0 Å². The Morgan fingerprint density at radius 1 is 1.18 bits per heavy atom. The number of fused-ring (bicyclic) bond motifs is 3. The Bertz CT molecular complexity index is 878. The van der Waals surface area contributed by atoms with Gasteiger partial charge in [0.15, 0.2) is 5.43 Å². The molecule has 0 saturated heterocycles. The molecule has 0 N–H and O–H groups in total. The third-order valence-corrected chi connectivity index (χ3v) is 4.03. The topological polar surface area (TPSA) is 43.1 Å². The number of allylic oxidation sites excluding steroid dienone is 5. The number of aromatic nitrogens is 1. The van der Waals surface area contributed by atoms with E-state index in [-0.39, 0.29) is 23.1 Å². The lowest BCUT2D eigenvalue weighted by Gasteiger charge is -2.26. The number of nitrogens with zero attached hydrogens (tertiary/aromatic N) is 1. The van der Waals surface area contributed by atoms with Gasteiger partial charge in [0.05, 0.1) is 16.8 Å². The van der Waals surface area contributed by atoms with E-state index >= 15 is 0 Å². The number of pyridine rings is 1. The highest BCUT2D eigenvalue weighted by Gasteiger charge is 2.30. The van der Waals surface area contributed by atoms with Crippen LogP contribution in [0.25, 0.3) is 17.3 Å². The van der Waals surface area contributed by atoms with E-state index in [1.54, 1.807) is 30.5 Å². The molecule has 4 heteroatoms. The van der Waals surface area contributed by atoms with E-state index in [9.17, 15) is 9.18 Å². The molecule has 0 bridgehead atoms. The summed E-state index contributed by atoms with van der Waals surface area (Å²) in [6.45, 7) is 0. The summed E-state index contributed by atoms with van der Waals surface area (Å²) >= 11 is 0. The highest BCUT2D eigenvalue weighted by molar-refractivity contribution is 5.64. The molecule has 2 unspecified atom stereocenters. The summed E-state index contributed by atoms with van der Waals surface area (Å²) in [7, 11) is 0. The lowest BCUT2D eigenvalue weighted by molar-refractivity contribution is 0.508. The molecule has 2 aliphatic carbocycles. The Morgan fingerprint density at radius 2 is 2.05 bits per heavy atom. The molecule has 2 heterocycles. The van der Waals surface area contributed by atoms with Gasteiger partial charge in [0, 0.05) is 18.0 Å². The average Bonchev–Trinajstić information content (AvgIpc) is 2.55. The monoisotopic (exact) mass is 293 g/mol. The van der Waals surface area contributed by atoms with Crippen molar-refractivity contribution in [3.05, 3.63) is 82.3 Å². The van der Waals surface area contributed by atoms with Crippen LogP contribution in [0.4, 0.5) is 4.39 Å². The van der Waals surface area contributed by atoms with Gasteiger partial charge in [-0.15, -0.1) is 0 Å². The van der Waals surface area contributed by atoms with E-state index in [4.69, 9.17) is 4.42 Å². The number of halogens is 1. The van der Waals surface area contributed by atoms with Gasteiger partial charge in [0.2, 0.25) is 0 Å². The normalized spacial score (nSPS) is 22.0. The molecule has 2 atom stereocenters. The third kappa shape index (κ3) is 1.96. The van der Waals surface area contributed by atoms with Gasteiger partial charge in [-0.2, -0.15) is 0 Å². The molecule has 2 aromatic rings. The van der Waals surface area contributed by atoms with Crippen LogP contribution < -0.4 is 5.43 Å². The highest BCUT2D eigenvalue weighted by Crippen LogP contribution is 2.38. The molecule has 0 fully saturated rings. The molecule has 0 spiro atoms. The number of hydrogen-bond acceptors (Lipinski definition) is 3. The molecule has 2 aliphatic rings. The third-order valence-electron chi connectivity index (χ3n) is 4.03. The number of rotatable bonds is 1. The van der Waals surface area contributed by atoms with Crippen molar-refractivity contribution in [3.63, 3.8) is 0 Å². The zero-order chi connectivity index (χ0) is 15.1. The van der Waals surface area contributed by atoms with Crippen LogP contribution in [-0.4, -0.2) is 4.98 Å². The van der Waals surface area contributed by atoms with Gasteiger partial charge < -0.3 is 4.42 Å². The summed E-state index contributed by atoms with van der Waals surface area (Å²) in [5.41, 5.74) is 1.30. The van der Waals surface area contributed by atoms with Crippen molar-refractivity contribution in [2.75, 3.05) is 0 Å². The molecule has 3 nitrogen and oxygen atoms in total. The molecule has 0 amide bonds. The average molecular weight is 293 g/mol. The summed E-state index contributed by atoms with van der Waals surface area (Å²) in [5, 5.41) is 0. The van der Waals surface area contributed by atoms with Crippen LogP contribution in [0.5, 0.6) is 0 Å². The molecular formula is C18H12FNO2. The summed E-state index contributed by atoms with van der Waals surface area (Å²) in [6.07, 6.45) is 11.4. The van der Waals surface area contributed by atoms with Crippen LogP contribution in [0.1, 0.15) is 17.2 Å². The summed E-state index contributed by atoms with van der Waals surface area (Å²) < 4.78 is 19.2. The van der Waals surface area contributed by atoms with Crippen LogP contribution >= 0.6 is 0 Å². The Balaban J connectivity index is 1.93. The lowest BCUT2D eigenvalue weighted by atomic mass is 9.78. The van der Waals surface area contributed by atoms with Crippen molar-refractivity contribution in [1.82, 2.24) is 4.98 Å². The van der Waals surface area contributed by atoms with E-state index in [0.29, 0.717) is 22.6 Å². The standard InChI is InChI=1S/C18H12FNO2/c19-12-6-4-11-5-7-16-17(13(11)9-12)18(21)14(10-22-16)15-3-1-2-8-20-15/h1-11,13H. The molecule has 0 saturated carbocycles. The van der Waals surface area contributed by atoms with Crippen LogP contribution in [0.2, 0.25) is 0 Å². The van der Waals surface area contributed by atoms with Crippen molar-refractivity contribution >= 4 is 6.08 Å². The quantitative estimate of drug-likeness (QED) is 0.802. The fourth-order valence-corrected chi connectivity index (χ4v) is 2.96. The fraction of sp³-hybridized carbons (Fsp3) is 0.111. The molecule has 2 aromatic heterocycles. The first-order valence-electron chi connectivity index (χ1n) is 7.05. The Labute approximate surface area is 126 Å². The second-order valence-electron chi connectivity index (χ2n) is 5.34. The summed E-state index contributed by atoms with van der Waals surface area (Å²) in [5.74, 6) is -0.186. The van der Waals surface area contributed by atoms with Gasteiger partial charge in [0.25, 0.3) is 0 Å². The van der Waals surface area contributed by atoms with E-state index < -0.39 is 0 Å². The largest absolute Gasteiger partial charge is 0.464 e. The van der Waals surface area contributed by atoms with E-state index in [1.807, 2.05) is 12.1 Å². The molecule has 0 aliphatic heterocycles. The smallest absolute Gasteiger partial charge is 0.198 e. The summed E-state index contributed by atoms with van der Waals surface area (Å²) in [6, 6.07) is 5.35. The maximum atomic E-state index is 13.6. The van der Waals surface area contributed by atoms with Crippen LogP contribution in [0, 0.1) is 5.92 Å². The van der Waals surface area contributed by atoms with Crippen LogP contribution in [-0.2, 0) is 0 Å². The van der Waals surface area contributed by atoms with E-state index in [2.05, 4.69) is 4.98 Å².